The van der Waals surface area contributed by atoms with Crippen LogP contribution in [0.25, 0.3) is 33.1 Å². The molecule has 3 saturated carbocycles. The third kappa shape index (κ3) is 2.53. The number of aromatic nitrogens is 4. The summed E-state index contributed by atoms with van der Waals surface area (Å²) in [6, 6.07) is 10.1. The van der Waals surface area contributed by atoms with E-state index in [1.54, 1.807) is 0 Å². The number of para-hydroxylation sites is 1. The zero-order chi connectivity index (χ0) is 21.2. The Labute approximate surface area is 180 Å². The Kier molecular flexibility index (Phi) is 3.72. The highest BCUT2D eigenvalue weighted by molar-refractivity contribution is 6.04. The van der Waals surface area contributed by atoms with Gasteiger partial charge in [-0.1, -0.05) is 24.1 Å². The predicted octanol–water partition coefficient (Wildman–Crippen LogP) is 4.00. The fourth-order valence-corrected chi connectivity index (χ4v) is 5.70. The second-order valence-electron chi connectivity index (χ2n) is 9.03. The van der Waals surface area contributed by atoms with Crippen molar-refractivity contribution in [3.8, 4) is 23.5 Å². The van der Waals surface area contributed by atoms with E-state index in [0.717, 1.165) is 77.3 Å². The lowest BCUT2D eigenvalue weighted by molar-refractivity contribution is -0.0847. The Morgan fingerprint density at radius 1 is 1.03 bits per heavy atom. The molecule has 2 bridgehead atoms. The lowest BCUT2D eigenvalue weighted by Crippen LogP contribution is -2.51. The molecule has 6 heteroatoms. The van der Waals surface area contributed by atoms with Crippen LogP contribution in [0.4, 0.5) is 5.82 Å². The zero-order valence-corrected chi connectivity index (χ0v) is 17.2. The van der Waals surface area contributed by atoms with Gasteiger partial charge in [0.25, 0.3) is 0 Å². The second-order valence-corrected chi connectivity index (χ2v) is 9.03. The van der Waals surface area contributed by atoms with E-state index in [1.807, 2.05) is 30.5 Å². The molecule has 3 aliphatic carbocycles. The summed E-state index contributed by atoms with van der Waals surface area (Å²) in [5.41, 5.74) is 9.97. The van der Waals surface area contributed by atoms with E-state index in [0.29, 0.717) is 5.82 Å². The summed E-state index contributed by atoms with van der Waals surface area (Å²) in [6.07, 6.45) is 14.5. The molecule has 0 spiro atoms. The maximum Gasteiger partial charge on any atom is 0.147 e. The van der Waals surface area contributed by atoms with Crippen LogP contribution < -0.4 is 5.73 Å². The van der Waals surface area contributed by atoms with E-state index in [-0.39, 0.29) is 5.54 Å². The molecule has 1 aromatic carbocycles. The standard InChI is InChI=1S/C25H23N5O/c1-2-19-20(17-13-16-5-3-4-6-18(16)27-14-17)21-22(26)28-15-29-23(21)30(19)24-7-10-25(31,11-8-24)12-9-24/h1,3-6,13-15,31H,7-12H2,(H2,26,28,29). The van der Waals surface area contributed by atoms with Crippen molar-refractivity contribution in [1.29, 1.82) is 0 Å². The van der Waals surface area contributed by atoms with Crippen LogP contribution in [0.3, 0.4) is 0 Å². The number of anilines is 1. The number of benzene rings is 1. The molecular formula is C25H23N5O. The van der Waals surface area contributed by atoms with E-state index in [4.69, 9.17) is 12.2 Å². The SMILES string of the molecule is C#Cc1c(-c2cnc3ccccc3c2)c2c(N)ncnc2n1C12CCC(O)(CC1)CC2. The normalized spacial score (nSPS) is 25.2. The minimum absolute atomic E-state index is 0.159. The smallest absolute Gasteiger partial charge is 0.147 e. The average Bonchev–Trinajstić information content (AvgIpc) is 3.16. The number of nitrogens with zero attached hydrogens (tertiary/aromatic N) is 4. The van der Waals surface area contributed by atoms with Gasteiger partial charge in [0.2, 0.25) is 0 Å². The molecule has 6 nitrogen and oxygen atoms in total. The van der Waals surface area contributed by atoms with Crippen LogP contribution in [-0.2, 0) is 5.54 Å². The van der Waals surface area contributed by atoms with Crippen molar-refractivity contribution in [3.63, 3.8) is 0 Å². The highest BCUT2D eigenvalue weighted by Crippen LogP contribution is 2.53. The van der Waals surface area contributed by atoms with E-state index in [2.05, 4.69) is 31.5 Å². The number of terminal acetylenes is 1. The molecule has 3 aliphatic rings. The molecule has 3 fully saturated rings. The molecule has 0 atom stereocenters. The van der Waals surface area contributed by atoms with Gasteiger partial charge in [-0.15, -0.1) is 6.42 Å². The lowest BCUT2D eigenvalue weighted by Gasteiger charge is -2.52. The quantitative estimate of drug-likeness (QED) is 0.488. The first-order valence-electron chi connectivity index (χ1n) is 10.7. The molecule has 7 rings (SSSR count). The number of nitrogen functional groups attached to an aromatic ring is 1. The van der Waals surface area contributed by atoms with E-state index in [1.165, 1.54) is 6.33 Å². The minimum atomic E-state index is -0.528. The fraction of sp³-hybridized carbons (Fsp3) is 0.320. The summed E-state index contributed by atoms with van der Waals surface area (Å²) >= 11 is 0. The van der Waals surface area contributed by atoms with Crippen LogP contribution in [0, 0.1) is 12.3 Å². The summed E-state index contributed by atoms with van der Waals surface area (Å²) in [7, 11) is 0. The van der Waals surface area contributed by atoms with Gasteiger partial charge in [0.1, 0.15) is 23.5 Å². The fourth-order valence-electron chi connectivity index (χ4n) is 5.70. The number of nitrogens with two attached hydrogens (primary N) is 1. The van der Waals surface area contributed by atoms with E-state index < -0.39 is 5.60 Å². The highest BCUT2D eigenvalue weighted by Gasteiger charge is 2.50. The van der Waals surface area contributed by atoms with Crippen molar-refractivity contribution in [1.82, 2.24) is 19.5 Å². The maximum atomic E-state index is 10.7. The summed E-state index contributed by atoms with van der Waals surface area (Å²) in [5, 5.41) is 12.6. The minimum Gasteiger partial charge on any atom is -0.390 e. The highest BCUT2D eigenvalue weighted by atomic mass is 16.3. The number of rotatable bonds is 2. The Morgan fingerprint density at radius 3 is 2.52 bits per heavy atom. The van der Waals surface area contributed by atoms with Gasteiger partial charge in [0.05, 0.1) is 16.5 Å². The molecular weight excluding hydrogens is 386 g/mol. The summed E-state index contributed by atoms with van der Waals surface area (Å²) < 4.78 is 2.23. The summed E-state index contributed by atoms with van der Waals surface area (Å²) in [4.78, 5) is 13.6. The van der Waals surface area contributed by atoms with Gasteiger partial charge in [0, 0.05) is 28.2 Å². The van der Waals surface area contributed by atoms with E-state index in [9.17, 15) is 5.11 Å². The number of pyridine rings is 1. The Morgan fingerprint density at radius 2 is 1.77 bits per heavy atom. The van der Waals surface area contributed by atoms with Crippen LogP contribution in [0.5, 0.6) is 0 Å². The van der Waals surface area contributed by atoms with Gasteiger partial charge >= 0.3 is 0 Å². The van der Waals surface area contributed by atoms with Crippen LogP contribution in [0.15, 0.2) is 42.9 Å². The molecule has 4 aromatic rings. The molecule has 154 valence electrons. The van der Waals surface area contributed by atoms with Crippen LogP contribution in [-0.4, -0.2) is 30.2 Å². The first kappa shape index (κ1) is 18.3. The molecule has 3 heterocycles. The van der Waals surface area contributed by atoms with Gasteiger partial charge < -0.3 is 15.4 Å². The number of hydrogen-bond acceptors (Lipinski definition) is 5. The van der Waals surface area contributed by atoms with Crippen molar-refractivity contribution in [2.45, 2.75) is 49.7 Å². The predicted molar refractivity (Wildman–Crippen MR) is 121 cm³/mol. The summed E-state index contributed by atoms with van der Waals surface area (Å²) in [6.45, 7) is 0. The molecule has 3 N–H and O–H groups in total. The van der Waals surface area contributed by atoms with Gasteiger partial charge in [-0.05, 0) is 50.7 Å². The third-order valence-corrected chi connectivity index (χ3v) is 7.44. The average molecular weight is 409 g/mol. The van der Waals surface area contributed by atoms with Crippen molar-refractivity contribution in [3.05, 3.63) is 48.5 Å². The topological polar surface area (TPSA) is 89.9 Å². The Balaban J connectivity index is 1.67. The van der Waals surface area contributed by atoms with Gasteiger partial charge in [-0.2, -0.15) is 0 Å². The Bertz CT molecular complexity index is 1370. The molecule has 3 aromatic heterocycles. The monoisotopic (exact) mass is 409 g/mol. The Hall–Kier alpha value is -3.43. The largest absolute Gasteiger partial charge is 0.390 e. The van der Waals surface area contributed by atoms with E-state index >= 15 is 0 Å². The first-order chi connectivity index (χ1) is 15.0. The second kappa shape index (κ2) is 6.29. The van der Waals surface area contributed by atoms with Crippen LogP contribution in [0.1, 0.15) is 44.2 Å². The molecule has 0 amide bonds. The van der Waals surface area contributed by atoms with Gasteiger partial charge in [0.15, 0.2) is 0 Å². The molecule has 0 aliphatic heterocycles. The van der Waals surface area contributed by atoms with Crippen molar-refractivity contribution < 1.29 is 5.11 Å². The zero-order valence-electron chi connectivity index (χ0n) is 17.2. The number of hydrogen-bond donors (Lipinski definition) is 2. The maximum absolute atomic E-state index is 10.7. The molecule has 0 saturated heterocycles. The van der Waals surface area contributed by atoms with Crippen molar-refractivity contribution in [2.75, 3.05) is 5.73 Å². The molecule has 31 heavy (non-hydrogen) atoms. The lowest BCUT2D eigenvalue weighted by atomic mass is 9.63. The van der Waals surface area contributed by atoms with Gasteiger partial charge in [-0.25, -0.2) is 9.97 Å². The van der Waals surface area contributed by atoms with Gasteiger partial charge in [-0.3, -0.25) is 4.98 Å². The first-order valence-corrected chi connectivity index (χ1v) is 10.7. The number of fused-ring (bicyclic) bond motifs is 5. The number of aliphatic hydroxyl groups is 1. The third-order valence-electron chi connectivity index (χ3n) is 7.44. The summed E-state index contributed by atoms with van der Waals surface area (Å²) in [5.74, 6) is 3.38. The van der Waals surface area contributed by atoms with Crippen molar-refractivity contribution >= 4 is 27.8 Å². The molecule has 0 radical (unpaired) electrons. The van der Waals surface area contributed by atoms with Crippen molar-refractivity contribution in [2.24, 2.45) is 0 Å². The molecule has 0 unspecified atom stereocenters. The van der Waals surface area contributed by atoms with Crippen LogP contribution >= 0.6 is 0 Å². The van der Waals surface area contributed by atoms with Crippen LogP contribution in [0.2, 0.25) is 0 Å².